The average Bonchev–Trinajstić information content (AvgIpc) is 3.40. The van der Waals surface area contributed by atoms with Crippen molar-refractivity contribution in [2.24, 2.45) is 0 Å². The molecule has 3 heterocycles. The van der Waals surface area contributed by atoms with Gasteiger partial charge in [0.15, 0.2) is 11.5 Å². The van der Waals surface area contributed by atoms with Crippen LogP contribution in [0.2, 0.25) is 0 Å². The van der Waals surface area contributed by atoms with E-state index in [0.29, 0.717) is 40.4 Å². The van der Waals surface area contributed by atoms with E-state index in [1.54, 1.807) is 6.07 Å². The van der Waals surface area contributed by atoms with E-state index in [4.69, 9.17) is 0 Å². The van der Waals surface area contributed by atoms with Crippen molar-refractivity contribution in [1.82, 2.24) is 19.7 Å². The van der Waals surface area contributed by atoms with Gasteiger partial charge in [0, 0.05) is 5.56 Å². The molecule has 0 radical (unpaired) electrons. The number of likely N-dealkylation sites (tertiary alicyclic amines) is 1. The summed E-state index contributed by atoms with van der Waals surface area (Å²) in [5.74, 6) is -3.81. The number of benzene rings is 2. The van der Waals surface area contributed by atoms with Crippen LogP contribution < -0.4 is 0 Å². The van der Waals surface area contributed by atoms with E-state index in [2.05, 4.69) is 10.1 Å². The maximum absolute atomic E-state index is 15.4. The molecule has 0 aliphatic carbocycles. The summed E-state index contributed by atoms with van der Waals surface area (Å²) in [6.07, 6.45) is -8.18. The fraction of sp³-hybridized carbons (Fsp3) is 0.276. The summed E-state index contributed by atoms with van der Waals surface area (Å²) in [7, 11) is 0. The number of rotatable bonds is 6. The van der Waals surface area contributed by atoms with Crippen LogP contribution in [0.3, 0.4) is 0 Å². The van der Waals surface area contributed by atoms with Crippen molar-refractivity contribution in [2.75, 3.05) is 19.6 Å². The van der Waals surface area contributed by atoms with Crippen molar-refractivity contribution in [3.05, 3.63) is 89.2 Å². The molecule has 0 saturated carbocycles. The smallest absolute Gasteiger partial charge is 0.434 e. The molecule has 6 nitrogen and oxygen atoms in total. The first kappa shape index (κ1) is 30.1. The monoisotopic (exact) mass is 610 g/mol. The highest BCUT2D eigenvalue weighted by molar-refractivity contribution is 5.89. The van der Waals surface area contributed by atoms with Crippen molar-refractivity contribution in [2.45, 2.75) is 31.1 Å². The minimum Gasteiger partial charge on any atom is -0.478 e. The van der Waals surface area contributed by atoms with Crippen LogP contribution in [0.4, 0.5) is 35.1 Å². The fourth-order valence-corrected chi connectivity index (χ4v) is 5.30. The Morgan fingerprint density at radius 3 is 2.28 bits per heavy atom. The number of aromatic nitrogens is 3. The van der Waals surface area contributed by atoms with E-state index in [1.807, 2.05) is 0 Å². The topological polar surface area (TPSA) is 71.2 Å². The zero-order valence-corrected chi connectivity index (χ0v) is 22.1. The predicted octanol–water partition coefficient (Wildman–Crippen LogP) is 7.34. The summed E-state index contributed by atoms with van der Waals surface area (Å²) in [5.41, 5.74) is -1.55. The Balaban J connectivity index is 1.48. The van der Waals surface area contributed by atoms with Crippen molar-refractivity contribution >= 4 is 5.97 Å². The molecule has 0 atom stereocenters. The molecule has 2 aromatic carbocycles. The largest absolute Gasteiger partial charge is 0.478 e. The van der Waals surface area contributed by atoms with E-state index in [9.17, 15) is 40.6 Å². The number of pyridine rings is 1. The second-order valence-corrected chi connectivity index (χ2v) is 10.1. The molecule has 1 fully saturated rings. The van der Waals surface area contributed by atoms with Crippen molar-refractivity contribution in [3.8, 4) is 28.2 Å². The Labute approximate surface area is 239 Å². The first-order valence-corrected chi connectivity index (χ1v) is 13.0. The molecule has 0 unspecified atom stereocenters. The molecule has 5 rings (SSSR count). The van der Waals surface area contributed by atoms with Crippen LogP contribution >= 0.6 is 0 Å². The first-order chi connectivity index (χ1) is 20.2. The van der Waals surface area contributed by atoms with Gasteiger partial charge in [-0.1, -0.05) is 24.3 Å². The third-order valence-corrected chi connectivity index (χ3v) is 7.22. The number of piperidine rings is 1. The van der Waals surface area contributed by atoms with E-state index < -0.39 is 47.8 Å². The van der Waals surface area contributed by atoms with E-state index in [0.717, 1.165) is 12.1 Å². The van der Waals surface area contributed by atoms with Gasteiger partial charge in [-0.3, -0.25) is 4.90 Å². The van der Waals surface area contributed by atoms with Crippen LogP contribution in [-0.4, -0.2) is 56.6 Å². The molecule has 226 valence electrons. The van der Waals surface area contributed by atoms with Gasteiger partial charge < -0.3 is 5.11 Å². The molecule has 1 aliphatic heterocycles. The van der Waals surface area contributed by atoms with Crippen LogP contribution in [0, 0.1) is 11.6 Å². The van der Waals surface area contributed by atoms with Gasteiger partial charge in [0.25, 0.3) is 0 Å². The van der Waals surface area contributed by atoms with Gasteiger partial charge in [-0.05, 0) is 78.9 Å². The lowest BCUT2D eigenvalue weighted by molar-refractivity contribution is -0.148. The maximum atomic E-state index is 15.4. The second kappa shape index (κ2) is 11.4. The Hall–Kier alpha value is -4.33. The highest BCUT2D eigenvalue weighted by Gasteiger charge is 2.41. The lowest BCUT2D eigenvalue weighted by Gasteiger charge is -2.32. The van der Waals surface area contributed by atoms with Crippen molar-refractivity contribution < 1.29 is 45.0 Å². The van der Waals surface area contributed by atoms with Crippen molar-refractivity contribution in [1.29, 1.82) is 0 Å². The number of halogens is 8. The van der Waals surface area contributed by atoms with Gasteiger partial charge >= 0.3 is 18.3 Å². The van der Waals surface area contributed by atoms with Crippen LogP contribution in [0.1, 0.15) is 40.4 Å². The molecule has 0 bridgehead atoms. The summed E-state index contributed by atoms with van der Waals surface area (Å²) in [4.78, 5) is 16.8. The van der Waals surface area contributed by atoms with Crippen molar-refractivity contribution in [3.63, 3.8) is 0 Å². The van der Waals surface area contributed by atoms with E-state index >= 15 is 4.39 Å². The minimum absolute atomic E-state index is 0.00835. The predicted molar refractivity (Wildman–Crippen MR) is 139 cm³/mol. The molecular formula is C29H22F8N4O2. The Kier molecular flexibility index (Phi) is 7.99. The van der Waals surface area contributed by atoms with Gasteiger partial charge in [-0.15, -0.1) is 0 Å². The van der Waals surface area contributed by atoms with Gasteiger partial charge in [0.1, 0.15) is 17.2 Å². The highest BCUT2D eigenvalue weighted by Crippen LogP contribution is 2.37. The third kappa shape index (κ3) is 6.53. The quantitative estimate of drug-likeness (QED) is 0.232. The van der Waals surface area contributed by atoms with Gasteiger partial charge in [-0.2, -0.15) is 31.4 Å². The normalized spacial score (nSPS) is 15.2. The molecular weight excluding hydrogens is 588 g/mol. The van der Waals surface area contributed by atoms with E-state index in [1.165, 1.54) is 41.3 Å². The number of carboxylic acid groups (broad SMARTS) is 1. The molecule has 14 heteroatoms. The number of carbonyl (C=O) groups is 1. The van der Waals surface area contributed by atoms with Gasteiger partial charge in [0.05, 0.1) is 18.4 Å². The van der Waals surface area contributed by atoms with Crippen LogP contribution in [0.15, 0.2) is 60.8 Å². The second-order valence-electron chi connectivity index (χ2n) is 10.1. The molecule has 1 aliphatic rings. The van der Waals surface area contributed by atoms with E-state index in [-0.39, 0.29) is 36.1 Å². The van der Waals surface area contributed by atoms with Crippen LogP contribution in [0.5, 0.6) is 0 Å². The summed E-state index contributed by atoms with van der Waals surface area (Å²) in [6.45, 7) is -0.701. The first-order valence-electron chi connectivity index (χ1n) is 13.0. The molecule has 1 N–H and O–H groups in total. The number of nitrogens with zero attached hydrogens (tertiary/aromatic N) is 4. The summed E-state index contributed by atoms with van der Waals surface area (Å²) >= 11 is 0. The number of alkyl halides is 6. The fourth-order valence-electron chi connectivity index (χ4n) is 5.30. The maximum Gasteiger partial charge on any atom is 0.434 e. The van der Waals surface area contributed by atoms with Gasteiger partial charge in [-0.25, -0.2) is 23.2 Å². The Bertz CT molecular complexity index is 1660. The minimum atomic E-state index is -5.08. The molecule has 4 aromatic rings. The molecule has 43 heavy (non-hydrogen) atoms. The number of aromatic carboxylic acids is 1. The Morgan fingerprint density at radius 2 is 1.65 bits per heavy atom. The molecule has 2 aromatic heterocycles. The SMILES string of the molecule is O=C(O)c1cnn(-c2cccc(-c3cc(F)ccc3-c3ccc(C4CCN(CC(F)(F)F)CC4)c(F)c3)n2)c1C(F)(F)F. The molecule has 1 saturated heterocycles. The average molecular weight is 611 g/mol. The summed E-state index contributed by atoms with van der Waals surface area (Å²) < 4.78 is 109. The standard InChI is InChI=1S/C29H22F8N4O2/c30-18-5-7-19(17-4-6-20(23(31)12-17)16-8-10-40(11-9-16)15-28(32,33)34)21(13-18)24-2-1-3-25(39-24)41-26(29(35,36)37)22(14-38-41)27(42)43/h1-7,12-14,16H,8-11,15H2,(H,42,43). The zero-order chi connectivity index (χ0) is 31.1. The summed E-state index contributed by atoms with van der Waals surface area (Å²) in [5, 5.41) is 12.8. The summed E-state index contributed by atoms with van der Waals surface area (Å²) in [6, 6.07) is 11.8. The van der Waals surface area contributed by atoms with Gasteiger partial charge in [0.2, 0.25) is 0 Å². The number of hydrogen-bond donors (Lipinski definition) is 1. The number of carboxylic acids is 1. The molecule has 0 spiro atoms. The highest BCUT2D eigenvalue weighted by atomic mass is 19.4. The van der Waals surface area contributed by atoms with Crippen LogP contribution in [-0.2, 0) is 6.18 Å². The lowest BCUT2D eigenvalue weighted by Crippen LogP contribution is -2.39. The zero-order valence-electron chi connectivity index (χ0n) is 22.1. The third-order valence-electron chi connectivity index (χ3n) is 7.22. The van der Waals surface area contributed by atoms with Crippen LogP contribution in [0.25, 0.3) is 28.2 Å². The Morgan fingerprint density at radius 1 is 0.930 bits per heavy atom. The molecule has 0 amide bonds. The lowest BCUT2D eigenvalue weighted by atomic mass is 9.87. The number of hydrogen-bond acceptors (Lipinski definition) is 4.